The Balaban J connectivity index is 2.40. The van der Waals surface area contributed by atoms with E-state index in [2.05, 4.69) is 4.99 Å². The average molecular weight is 241 g/mol. The van der Waals surface area contributed by atoms with Crippen LogP contribution in [-0.2, 0) is 4.79 Å². The molecule has 0 saturated carbocycles. The number of benzene rings is 1. The van der Waals surface area contributed by atoms with Gasteiger partial charge in [0.05, 0.1) is 5.69 Å². The average Bonchev–Trinajstić information content (AvgIpc) is 2.56. The van der Waals surface area contributed by atoms with Crippen molar-refractivity contribution in [3.8, 4) is 0 Å². The Labute approximate surface area is 97.1 Å². The first-order valence-corrected chi connectivity index (χ1v) is 5.72. The largest absolute Gasteiger partial charge is 0.271 e. The molecule has 1 aromatic carbocycles. The second-order valence-corrected chi connectivity index (χ2v) is 4.72. The van der Waals surface area contributed by atoms with Crippen molar-refractivity contribution in [3.05, 3.63) is 30.3 Å². The molecule has 15 heavy (non-hydrogen) atoms. The van der Waals surface area contributed by atoms with E-state index in [1.807, 2.05) is 30.3 Å². The van der Waals surface area contributed by atoms with Crippen molar-refractivity contribution >= 4 is 40.1 Å². The molecule has 1 aliphatic heterocycles. The molecule has 0 radical (unpaired) electrons. The summed E-state index contributed by atoms with van der Waals surface area (Å²) < 4.78 is -0.566. The highest BCUT2D eigenvalue weighted by Crippen LogP contribution is 2.33. The third-order valence-corrected chi connectivity index (χ3v) is 3.46. The molecule has 1 atom stereocenters. The molecule has 0 bridgehead atoms. The standard InChI is InChI=1S/C10H9ClN2OS/c1-12-10-13(9(14)8(11)15-10)7-5-3-2-4-6-7/h2-6,8H,1H3. The molecule has 0 N–H and O–H groups in total. The topological polar surface area (TPSA) is 32.7 Å². The van der Waals surface area contributed by atoms with Crippen LogP contribution in [0.5, 0.6) is 0 Å². The zero-order chi connectivity index (χ0) is 10.8. The zero-order valence-electron chi connectivity index (χ0n) is 8.05. The molecule has 3 nitrogen and oxygen atoms in total. The number of thioether (sulfide) groups is 1. The summed E-state index contributed by atoms with van der Waals surface area (Å²) >= 11 is 7.14. The molecule has 0 aliphatic carbocycles. The fourth-order valence-electron chi connectivity index (χ4n) is 1.36. The van der Waals surface area contributed by atoms with Crippen LogP contribution in [0.2, 0.25) is 0 Å². The van der Waals surface area contributed by atoms with Crippen LogP contribution in [0.25, 0.3) is 0 Å². The van der Waals surface area contributed by atoms with Gasteiger partial charge in [0.15, 0.2) is 9.88 Å². The highest BCUT2D eigenvalue weighted by atomic mass is 35.5. The van der Waals surface area contributed by atoms with Crippen molar-refractivity contribution in [1.29, 1.82) is 0 Å². The van der Waals surface area contributed by atoms with Crippen molar-refractivity contribution in [2.24, 2.45) is 4.99 Å². The highest BCUT2D eigenvalue weighted by Gasteiger charge is 2.37. The number of amidine groups is 1. The summed E-state index contributed by atoms with van der Waals surface area (Å²) in [6, 6.07) is 9.37. The minimum absolute atomic E-state index is 0.131. The van der Waals surface area contributed by atoms with Crippen LogP contribution in [0.15, 0.2) is 35.3 Å². The van der Waals surface area contributed by atoms with E-state index in [1.54, 1.807) is 11.9 Å². The number of alkyl halides is 1. The van der Waals surface area contributed by atoms with Crippen molar-refractivity contribution in [1.82, 2.24) is 0 Å². The van der Waals surface area contributed by atoms with Gasteiger partial charge in [-0.05, 0) is 12.1 Å². The third kappa shape index (κ3) is 1.87. The Morgan fingerprint density at radius 1 is 1.40 bits per heavy atom. The number of anilines is 1. The van der Waals surface area contributed by atoms with Crippen LogP contribution in [-0.4, -0.2) is 22.8 Å². The van der Waals surface area contributed by atoms with E-state index < -0.39 is 4.71 Å². The Hall–Kier alpha value is -1.00. The molecule has 0 spiro atoms. The number of carbonyl (C=O) groups is 1. The quantitative estimate of drug-likeness (QED) is 0.706. The fourth-order valence-corrected chi connectivity index (χ4v) is 2.49. The van der Waals surface area contributed by atoms with E-state index in [-0.39, 0.29) is 5.91 Å². The Bertz CT molecular complexity index is 407. The number of carbonyl (C=O) groups excluding carboxylic acids is 1. The summed E-state index contributed by atoms with van der Waals surface area (Å²) in [4.78, 5) is 17.4. The molecule has 78 valence electrons. The lowest BCUT2D eigenvalue weighted by atomic mass is 10.3. The van der Waals surface area contributed by atoms with Crippen molar-refractivity contribution < 1.29 is 4.79 Å². The van der Waals surface area contributed by atoms with Gasteiger partial charge in [0.25, 0.3) is 5.91 Å². The maximum absolute atomic E-state index is 11.8. The van der Waals surface area contributed by atoms with Crippen LogP contribution in [0.4, 0.5) is 5.69 Å². The predicted octanol–water partition coefficient (Wildman–Crippen LogP) is 2.32. The lowest BCUT2D eigenvalue weighted by Crippen LogP contribution is -2.30. The van der Waals surface area contributed by atoms with E-state index in [9.17, 15) is 4.79 Å². The van der Waals surface area contributed by atoms with Gasteiger partial charge in [-0.25, -0.2) is 0 Å². The summed E-state index contributed by atoms with van der Waals surface area (Å²) in [5.74, 6) is -0.131. The molecule has 1 aliphatic rings. The number of hydrogen-bond donors (Lipinski definition) is 0. The highest BCUT2D eigenvalue weighted by molar-refractivity contribution is 8.17. The Morgan fingerprint density at radius 3 is 2.67 bits per heavy atom. The minimum Gasteiger partial charge on any atom is -0.271 e. The molecule has 1 saturated heterocycles. The molecule has 1 heterocycles. The van der Waals surface area contributed by atoms with E-state index in [1.165, 1.54) is 11.8 Å². The van der Waals surface area contributed by atoms with Gasteiger partial charge in [-0.2, -0.15) is 0 Å². The maximum atomic E-state index is 11.8. The molecule has 0 aromatic heterocycles. The summed E-state index contributed by atoms with van der Waals surface area (Å²) in [7, 11) is 1.65. The first-order chi connectivity index (χ1) is 7.24. The van der Waals surface area contributed by atoms with E-state index in [0.717, 1.165) is 5.69 Å². The summed E-state index contributed by atoms with van der Waals surface area (Å²) in [5, 5.41) is 0.645. The molecule has 1 amide bonds. The molecule has 5 heteroatoms. The number of aliphatic imine (C=N–C) groups is 1. The minimum atomic E-state index is -0.566. The zero-order valence-corrected chi connectivity index (χ0v) is 9.63. The number of halogens is 1. The second-order valence-electron chi connectivity index (χ2n) is 2.95. The molecule has 2 rings (SSSR count). The van der Waals surface area contributed by atoms with Crippen LogP contribution in [0, 0.1) is 0 Å². The number of nitrogens with zero attached hydrogens (tertiary/aromatic N) is 2. The van der Waals surface area contributed by atoms with Crippen LogP contribution < -0.4 is 4.90 Å². The number of para-hydroxylation sites is 1. The van der Waals surface area contributed by atoms with Gasteiger partial charge in [-0.15, -0.1) is 0 Å². The van der Waals surface area contributed by atoms with Crippen molar-refractivity contribution in [3.63, 3.8) is 0 Å². The first-order valence-electron chi connectivity index (χ1n) is 4.40. The second kappa shape index (κ2) is 4.24. The Kier molecular flexibility index (Phi) is 2.98. The van der Waals surface area contributed by atoms with Gasteiger partial charge in [-0.3, -0.25) is 14.7 Å². The number of hydrogen-bond acceptors (Lipinski definition) is 3. The van der Waals surface area contributed by atoms with E-state index in [0.29, 0.717) is 5.17 Å². The van der Waals surface area contributed by atoms with Gasteiger partial charge in [0.2, 0.25) is 0 Å². The smallest absolute Gasteiger partial charge is 0.261 e. The first kappa shape index (κ1) is 10.5. The lowest BCUT2D eigenvalue weighted by molar-refractivity contribution is -0.115. The molecule has 1 fully saturated rings. The molecule has 1 aromatic rings. The maximum Gasteiger partial charge on any atom is 0.261 e. The van der Waals surface area contributed by atoms with Crippen molar-refractivity contribution in [2.45, 2.75) is 4.71 Å². The molecular formula is C10H9ClN2OS. The SMILES string of the molecule is CN=C1SC(Cl)C(=O)N1c1ccccc1. The van der Waals surface area contributed by atoms with Gasteiger partial charge in [0.1, 0.15) is 0 Å². The summed E-state index contributed by atoms with van der Waals surface area (Å²) in [5.41, 5.74) is 0.804. The molecule has 1 unspecified atom stereocenters. The van der Waals surface area contributed by atoms with E-state index >= 15 is 0 Å². The van der Waals surface area contributed by atoms with Crippen LogP contribution in [0.1, 0.15) is 0 Å². The normalized spacial score (nSPS) is 23.9. The van der Waals surface area contributed by atoms with Gasteiger partial charge in [0, 0.05) is 7.05 Å². The monoisotopic (exact) mass is 240 g/mol. The lowest BCUT2D eigenvalue weighted by Gasteiger charge is -2.15. The Morgan fingerprint density at radius 2 is 2.07 bits per heavy atom. The van der Waals surface area contributed by atoms with Crippen LogP contribution >= 0.6 is 23.4 Å². The van der Waals surface area contributed by atoms with Gasteiger partial charge >= 0.3 is 0 Å². The number of amides is 1. The van der Waals surface area contributed by atoms with Crippen molar-refractivity contribution in [2.75, 3.05) is 11.9 Å². The van der Waals surface area contributed by atoms with Gasteiger partial charge in [-0.1, -0.05) is 41.6 Å². The molecular weight excluding hydrogens is 232 g/mol. The summed E-state index contributed by atoms with van der Waals surface area (Å²) in [6.45, 7) is 0. The predicted molar refractivity (Wildman–Crippen MR) is 64.5 cm³/mol. The van der Waals surface area contributed by atoms with Gasteiger partial charge < -0.3 is 0 Å². The van der Waals surface area contributed by atoms with E-state index in [4.69, 9.17) is 11.6 Å². The fraction of sp³-hybridized carbons (Fsp3) is 0.200. The number of rotatable bonds is 1. The van der Waals surface area contributed by atoms with Crippen LogP contribution in [0.3, 0.4) is 0 Å². The summed E-state index contributed by atoms with van der Waals surface area (Å²) in [6.07, 6.45) is 0. The third-order valence-electron chi connectivity index (χ3n) is 2.02.